The maximum absolute atomic E-state index is 4.63. The minimum atomic E-state index is 0.552. The molecular formula is C15H29N3. The van der Waals surface area contributed by atoms with Crippen molar-refractivity contribution in [3.05, 3.63) is 17.5 Å². The first-order valence-corrected chi connectivity index (χ1v) is 7.39. The monoisotopic (exact) mass is 251 g/mol. The molecule has 18 heavy (non-hydrogen) atoms. The molecule has 1 N–H and O–H groups in total. The molecular weight excluding hydrogens is 222 g/mol. The second kappa shape index (κ2) is 7.57. The van der Waals surface area contributed by atoms with E-state index in [1.54, 1.807) is 0 Å². The minimum Gasteiger partial charge on any atom is -0.316 e. The molecule has 1 heterocycles. The molecule has 0 spiro atoms. The third kappa shape index (κ3) is 3.84. The molecule has 104 valence electrons. The van der Waals surface area contributed by atoms with Crippen LogP contribution in [0, 0.1) is 5.92 Å². The molecule has 2 unspecified atom stereocenters. The van der Waals surface area contributed by atoms with Crippen LogP contribution < -0.4 is 5.32 Å². The van der Waals surface area contributed by atoms with Gasteiger partial charge in [-0.25, -0.2) is 0 Å². The van der Waals surface area contributed by atoms with E-state index >= 15 is 0 Å². The van der Waals surface area contributed by atoms with Gasteiger partial charge in [-0.05, 0) is 38.8 Å². The summed E-state index contributed by atoms with van der Waals surface area (Å²) in [6.07, 6.45) is 4.65. The molecule has 1 rings (SSSR count). The van der Waals surface area contributed by atoms with Gasteiger partial charge in [0.25, 0.3) is 0 Å². The molecule has 3 nitrogen and oxygen atoms in total. The van der Waals surface area contributed by atoms with Gasteiger partial charge < -0.3 is 5.32 Å². The second-order valence-corrected chi connectivity index (χ2v) is 5.16. The van der Waals surface area contributed by atoms with E-state index in [0.717, 1.165) is 19.4 Å². The summed E-state index contributed by atoms with van der Waals surface area (Å²) in [5.41, 5.74) is 2.58. The summed E-state index contributed by atoms with van der Waals surface area (Å²) in [5, 5.41) is 8.10. The van der Waals surface area contributed by atoms with Crippen molar-refractivity contribution in [1.82, 2.24) is 15.1 Å². The summed E-state index contributed by atoms with van der Waals surface area (Å²) in [5.74, 6) is 0.713. The zero-order valence-corrected chi connectivity index (χ0v) is 12.7. The molecule has 0 saturated heterocycles. The third-order valence-electron chi connectivity index (χ3n) is 3.81. The Morgan fingerprint density at radius 3 is 2.56 bits per heavy atom. The lowest BCUT2D eigenvalue weighted by molar-refractivity contribution is 0.364. The topological polar surface area (TPSA) is 29.9 Å². The summed E-state index contributed by atoms with van der Waals surface area (Å²) in [4.78, 5) is 0. The summed E-state index contributed by atoms with van der Waals surface area (Å²) in [6, 6.07) is 2.82. The van der Waals surface area contributed by atoms with E-state index in [9.17, 15) is 0 Å². The van der Waals surface area contributed by atoms with E-state index in [0.29, 0.717) is 12.0 Å². The highest BCUT2D eigenvalue weighted by molar-refractivity contribution is 5.12. The van der Waals surface area contributed by atoms with Crippen molar-refractivity contribution in [2.75, 3.05) is 7.05 Å². The number of nitrogens with one attached hydrogen (secondary N) is 1. The Balaban J connectivity index is 2.77. The Labute approximate surface area is 112 Å². The van der Waals surface area contributed by atoms with Crippen LogP contribution in [0.3, 0.4) is 0 Å². The molecule has 3 heteroatoms. The van der Waals surface area contributed by atoms with Crippen molar-refractivity contribution >= 4 is 0 Å². The third-order valence-corrected chi connectivity index (χ3v) is 3.81. The quantitative estimate of drug-likeness (QED) is 0.769. The van der Waals surface area contributed by atoms with Crippen molar-refractivity contribution in [1.29, 1.82) is 0 Å². The first-order valence-electron chi connectivity index (χ1n) is 7.39. The van der Waals surface area contributed by atoms with Crippen LogP contribution in [-0.4, -0.2) is 22.9 Å². The van der Waals surface area contributed by atoms with Gasteiger partial charge in [0.2, 0.25) is 0 Å². The molecule has 0 bridgehead atoms. The SMILES string of the molecule is CCCC(C)C(Cc1cc(CC)nn1CC)NC. The summed E-state index contributed by atoms with van der Waals surface area (Å²) in [7, 11) is 2.07. The average Bonchev–Trinajstić information content (AvgIpc) is 2.78. The predicted molar refractivity (Wildman–Crippen MR) is 77.9 cm³/mol. The number of hydrogen-bond acceptors (Lipinski definition) is 2. The fourth-order valence-electron chi connectivity index (χ4n) is 2.60. The molecule has 0 aliphatic rings. The van der Waals surface area contributed by atoms with Crippen LogP contribution in [0.15, 0.2) is 6.07 Å². The molecule has 0 aromatic carbocycles. The Kier molecular flexibility index (Phi) is 6.41. The smallest absolute Gasteiger partial charge is 0.0624 e. The lowest BCUT2D eigenvalue weighted by Crippen LogP contribution is -2.34. The van der Waals surface area contributed by atoms with Gasteiger partial charge in [0.1, 0.15) is 0 Å². The van der Waals surface area contributed by atoms with Crippen LogP contribution in [-0.2, 0) is 19.4 Å². The maximum Gasteiger partial charge on any atom is 0.0624 e. The van der Waals surface area contributed by atoms with Crippen molar-refractivity contribution in [3.63, 3.8) is 0 Å². The number of aryl methyl sites for hydroxylation is 2. The van der Waals surface area contributed by atoms with E-state index in [4.69, 9.17) is 0 Å². The first-order chi connectivity index (χ1) is 8.65. The van der Waals surface area contributed by atoms with Crippen LogP contribution in [0.25, 0.3) is 0 Å². The number of hydrogen-bond donors (Lipinski definition) is 1. The lowest BCUT2D eigenvalue weighted by atomic mass is 9.93. The van der Waals surface area contributed by atoms with Crippen molar-refractivity contribution < 1.29 is 0 Å². The van der Waals surface area contributed by atoms with E-state index in [2.05, 4.69) is 55.9 Å². The highest BCUT2D eigenvalue weighted by Crippen LogP contribution is 2.16. The van der Waals surface area contributed by atoms with Gasteiger partial charge in [0.05, 0.1) is 5.69 Å². The molecule has 0 saturated carbocycles. The predicted octanol–water partition coefficient (Wildman–Crippen LogP) is 3.03. The van der Waals surface area contributed by atoms with Crippen molar-refractivity contribution in [3.8, 4) is 0 Å². The van der Waals surface area contributed by atoms with Crippen LogP contribution in [0.4, 0.5) is 0 Å². The molecule has 0 amide bonds. The highest BCUT2D eigenvalue weighted by Gasteiger charge is 2.17. The first kappa shape index (κ1) is 15.2. The Morgan fingerprint density at radius 1 is 1.33 bits per heavy atom. The lowest BCUT2D eigenvalue weighted by Gasteiger charge is -2.23. The van der Waals surface area contributed by atoms with Crippen molar-refractivity contribution in [2.24, 2.45) is 5.92 Å². The number of nitrogens with zero attached hydrogens (tertiary/aromatic N) is 2. The van der Waals surface area contributed by atoms with Crippen LogP contribution in [0.5, 0.6) is 0 Å². The molecule has 2 atom stereocenters. The normalized spacial score (nSPS) is 14.7. The van der Waals surface area contributed by atoms with Crippen molar-refractivity contribution in [2.45, 2.75) is 66.0 Å². The number of likely N-dealkylation sites (N-methyl/N-ethyl adjacent to an activating group) is 1. The zero-order valence-electron chi connectivity index (χ0n) is 12.7. The van der Waals surface area contributed by atoms with E-state index < -0.39 is 0 Å². The standard InChI is InChI=1S/C15H29N3/c1-6-9-12(4)15(16-5)11-14-10-13(7-2)17-18(14)8-3/h10,12,15-16H,6-9,11H2,1-5H3. The van der Waals surface area contributed by atoms with Crippen LogP contribution >= 0.6 is 0 Å². The zero-order chi connectivity index (χ0) is 13.5. The van der Waals surface area contributed by atoms with E-state index in [1.165, 1.54) is 24.2 Å². The Bertz CT molecular complexity index is 344. The Morgan fingerprint density at radius 2 is 2.06 bits per heavy atom. The maximum atomic E-state index is 4.63. The second-order valence-electron chi connectivity index (χ2n) is 5.16. The van der Waals surface area contributed by atoms with Gasteiger partial charge in [-0.3, -0.25) is 4.68 Å². The molecule has 0 aliphatic heterocycles. The van der Waals surface area contributed by atoms with Gasteiger partial charge >= 0.3 is 0 Å². The largest absolute Gasteiger partial charge is 0.316 e. The van der Waals surface area contributed by atoms with Gasteiger partial charge in [0.15, 0.2) is 0 Å². The van der Waals surface area contributed by atoms with Gasteiger partial charge in [-0.1, -0.05) is 27.2 Å². The van der Waals surface area contributed by atoms with Gasteiger partial charge in [-0.15, -0.1) is 0 Å². The summed E-state index contributed by atoms with van der Waals surface area (Å²) < 4.78 is 2.15. The van der Waals surface area contributed by atoms with Crippen LogP contribution in [0.1, 0.15) is 51.9 Å². The molecule has 0 fully saturated rings. The average molecular weight is 251 g/mol. The van der Waals surface area contributed by atoms with Crippen LogP contribution in [0.2, 0.25) is 0 Å². The van der Waals surface area contributed by atoms with Gasteiger partial charge in [-0.2, -0.15) is 5.10 Å². The summed E-state index contributed by atoms with van der Waals surface area (Å²) in [6.45, 7) is 9.90. The van der Waals surface area contributed by atoms with E-state index in [-0.39, 0.29) is 0 Å². The highest BCUT2D eigenvalue weighted by atomic mass is 15.3. The minimum absolute atomic E-state index is 0.552. The summed E-state index contributed by atoms with van der Waals surface area (Å²) >= 11 is 0. The Hall–Kier alpha value is -0.830. The molecule has 1 aromatic heterocycles. The van der Waals surface area contributed by atoms with Gasteiger partial charge in [0, 0.05) is 24.7 Å². The van der Waals surface area contributed by atoms with E-state index in [1.807, 2.05) is 0 Å². The molecule has 0 aliphatic carbocycles. The fraction of sp³-hybridized carbons (Fsp3) is 0.800. The molecule has 1 aromatic rings. The number of rotatable bonds is 8. The molecule has 0 radical (unpaired) electrons. The number of aromatic nitrogens is 2. The fourth-order valence-corrected chi connectivity index (χ4v) is 2.60.